The van der Waals surface area contributed by atoms with E-state index < -0.39 is 24.3 Å². The van der Waals surface area contributed by atoms with Crippen LogP contribution in [0.5, 0.6) is 0 Å². The van der Waals surface area contributed by atoms with E-state index in [0.29, 0.717) is 0 Å². The van der Waals surface area contributed by atoms with Gasteiger partial charge in [0.1, 0.15) is 6.67 Å². The van der Waals surface area contributed by atoms with Crippen LogP contribution < -0.4 is 0 Å². The molecule has 3 aromatic carbocycles. The lowest BCUT2D eigenvalue weighted by Gasteiger charge is -2.12. The molecular weight excluding hydrogens is 382 g/mol. The van der Waals surface area contributed by atoms with E-state index >= 15 is 0 Å². The number of hydrogen-bond acceptors (Lipinski definition) is 1. The van der Waals surface area contributed by atoms with E-state index in [-0.39, 0.29) is 23.2 Å². The van der Waals surface area contributed by atoms with Crippen molar-refractivity contribution in [1.82, 2.24) is 4.90 Å². The lowest BCUT2D eigenvalue weighted by Crippen LogP contribution is -2.15. The molecule has 2 atom stereocenters. The largest absolute Gasteiger partial charge is 0.416 e. The van der Waals surface area contributed by atoms with Crippen LogP contribution in [-0.4, -0.2) is 10.8 Å². The van der Waals surface area contributed by atoms with Crippen LogP contribution in [-0.2, 0) is 12.9 Å². The lowest BCUT2D eigenvalue weighted by atomic mass is 10.0. The average Bonchev–Trinajstić information content (AvgIpc) is 3.49. The van der Waals surface area contributed by atoms with E-state index in [2.05, 4.69) is 0 Å². The maximum atomic E-state index is 13.2. The summed E-state index contributed by atoms with van der Waals surface area (Å²) in [6.07, 6.45) is -4.66. The summed E-state index contributed by atoms with van der Waals surface area (Å²) in [4.78, 5) is 14.7. The molecule has 148 valence electrons. The Morgan fingerprint density at radius 1 is 0.828 bits per heavy atom. The van der Waals surface area contributed by atoms with E-state index in [1.54, 1.807) is 4.90 Å². The summed E-state index contributed by atoms with van der Waals surface area (Å²) in [6, 6.07) is 20.8. The van der Waals surface area contributed by atoms with Gasteiger partial charge in [-0.15, -0.1) is 0 Å². The van der Waals surface area contributed by atoms with Crippen molar-refractivity contribution in [3.8, 4) is 0 Å². The fourth-order valence-corrected chi connectivity index (χ4v) is 3.68. The Balaban J connectivity index is 1.73. The van der Waals surface area contributed by atoms with Crippen molar-refractivity contribution in [2.45, 2.75) is 24.9 Å². The molecule has 6 heteroatoms. The molecule has 2 unspecified atom stereocenters. The maximum absolute atomic E-state index is 13.2. The maximum Gasteiger partial charge on any atom is 0.416 e. The number of nitrogens with zero attached hydrogens (tertiary/aromatic N) is 1. The van der Waals surface area contributed by atoms with Gasteiger partial charge in [0.15, 0.2) is 0 Å². The van der Waals surface area contributed by atoms with Gasteiger partial charge in [0.05, 0.1) is 17.6 Å². The smallest absolute Gasteiger partial charge is 0.320 e. The van der Waals surface area contributed by atoms with Crippen molar-refractivity contribution in [3.05, 3.63) is 107 Å². The summed E-state index contributed by atoms with van der Waals surface area (Å²) in [6.45, 7) is -1.07. The molecule has 1 aliphatic rings. The number of alkyl halides is 4. The number of carbonyl (C=O) groups is 1. The standard InChI is InChI=1S/C23H17F4NO/c24-14-15-11-18(13-19(12-15)23(25,26)27)22(29)28-20(16-7-3-1-4-8-16)21(28)17-9-5-2-6-10-17/h1-13,20-21H,14H2. The lowest BCUT2D eigenvalue weighted by molar-refractivity contribution is -0.137. The third kappa shape index (κ3) is 3.75. The molecule has 0 saturated carbocycles. The highest BCUT2D eigenvalue weighted by molar-refractivity contribution is 5.97. The first-order chi connectivity index (χ1) is 13.9. The third-order valence-electron chi connectivity index (χ3n) is 5.05. The van der Waals surface area contributed by atoms with Crippen molar-refractivity contribution < 1.29 is 22.4 Å². The Hall–Kier alpha value is -3.15. The summed E-state index contributed by atoms with van der Waals surface area (Å²) in [5, 5.41) is 0. The van der Waals surface area contributed by atoms with E-state index in [4.69, 9.17) is 0 Å². The quantitative estimate of drug-likeness (QED) is 0.383. The van der Waals surface area contributed by atoms with Gasteiger partial charge in [-0.05, 0) is 34.9 Å². The number of amides is 1. The van der Waals surface area contributed by atoms with Gasteiger partial charge < -0.3 is 4.90 Å². The van der Waals surface area contributed by atoms with E-state index in [9.17, 15) is 22.4 Å². The van der Waals surface area contributed by atoms with E-state index in [1.807, 2.05) is 60.7 Å². The van der Waals surface area contributed by atoms with Crippen LogP contribution in [0.15, 0.2) is 78.9 Å². The first-order valence-corrected chi connectivity index (χ1v) is 9.10. The monoisotopic (exact) mass is 399 g/mol. The Kier molecular flexibility index (Phi) is 4.86. The number of halogens is 4. The van der Waals surface area contributed by atoms with Crippen LogP contribution in [0.4, 0.5) is 17.6 Å². The Morgan fingerprint density at radius 2 is 1.34 bits per heavy atom. The number of rotatable bonds is 4. The fourth-order valence-electron chi connectivity index (χ4n) is 3.68. The highest BCUT2D eigenvalue weighted by Crippen LogP contribution is 2.55. The highest BCUT2D eigenvalue weighted by atomic mass is 19.4. The molecule has 29 heavy (non-hydrogen) atoms. The molecule has 3 aromatic rings. The van der Waals surface area contributed by atoms with Gasteiger partial charge in [0, 0.05) is 5.56 Å². The minimum Gasteiger partial charge on any atom is -0.320 e. The summed E-state index contributed by atoms with van der Waals surface area (Å²) in [7, 11) is 0. The third-order valence-corrected chi connectivity index (χ3v) is 5.05. The summed E-state index contributed by atoms with van der Waals surface area (Å²) < 4.78 is 52.7. The van der Waals surface area contributed by atoms with Crippen LogP contribution in [0.1, 0.15) is 44.7 Å². The second kappa shape index (κ2) is 7.35. The molecule has 1 saturated heterocycles. The van der Waals surface area contributed by atoms with Crippen LogP contribution in [0.2, 0.25) is 0 Å². The zero-order valence-corrected chi connectivity index (χ0v) is 15.2. The van der Waals surface area contributed by atoms with Crippen LogP contribution in [0.3, 0.4) is 0 Å². The topological polar surface area (TPSA) is 20.1 Å². The summed E-state index contributed by atoms with van der Waals surface area (Å²) >= 11 is 0. The molecule has 0 radical (unpaired) electrons. The minimum absolute atomic E-state index is 0.160. The predicted molar refractivity (Wildman–Crippen MR) is 101 cm³/mol. The van der Waals surface area contributed by atoms with Crippen LogP contribution >= 0.6 is 0 Å². The van der Waals surface area contributed by atoms with Crippen molar-refractivity contribution >= 4 is 5.91 Å². The van der Waals surface area contributed by atoms with Crippen molar-refractivity contribution in [2.24, 2.45) is 0 Å². The number of benzene rings is 3. The molecule has 1 heterocycles. The first kappa shape index (κ1) is 19.2. The van der Waals surface area contributed by atoms with Crippen LogP contribution in [0.25, 0.3) is 0 Å². The number of carbonyl (C=O) groups excluding carboxylic acids is 1. The summed E-state index contributed by atoms with van der Waals surface area (Å²) in [5.74, 6) is -0.548. The first-order valence-electron chi connectivity index (χ1n) is 9.10. The van der Waals surface area contributed by atoms with Gasteiger partial charge in [-0.1, -0.05) is 60.7 Å². The zero-order valence-electron chi connectivity index (χ0n) is 15.2. The van der Waals surface area contributed by atoms with Gasteiger partial charge in [0.2, 0.25) is 0 Å². The van der Waals surface area contributed by atoms with Gasteiger partial charge in [0.25, 0.3) is 5.91 Å². The molecule has 0 N–H and O–H groups in total. The Bertz CT molecular complexity index is 973. The molecule has 4 rings (SSSR count). The minimum atomic E-state index is -4.66. The molecule has 2 nitrogen and oxygen atoms in total. The van der Waals surface area contributed by atoms with Crippen molar-refractivity contribution in [1.29, 1.82) is 0 Å². The molecule has 0 aliphatic carbocycles. The van der Waals surface area contributed by atoms with E-state index in [1.165, 1.54) is 6.07 Å². The second-order valence-electron chi connectivity index (χ2n) is 6.97. The van der Waals surface area contributed by atoms with Crippen molar-refractivity contribution in [3.63, 3.8) is 0 Å². The van der Waals surface area contributed by atoms with Gasteiger partial charge in [-0.25, -0.2) is 4.39 Å². The predicted octanol–water partition coefficient (Wildman–Crippen LogP) is 6.11. The molecule has 1 fully saturated rings. The molecular formula is C23H17F4NO. The Labute approximate surface area is 165 Å². The summed E-state index contributed by atoms with van der Waals surface area (Å²) in [5.41, 5.74) is 0.439. The normalized spacial score (nSPS) is 18.6. The SMILES string of the molecule is O=C(c1cc(CF)cc(C(F)(F)F)c1)N1C(c2ccccc2)C1c1ccccc1. The highest BCUT2D eigenvalue weighted by Gasteiger charge is 2.52. The van der Waals surface area contributed by atoms with Gasteiger partial charge in [-0.3, -0.25) is 4.79 Å². The molecule has 0 spiro atoms. The molecule has 1 amide bonds. The number of hydrogen-bond donors (Lipinski definition) is 0. The molecule has 0 bridgehead atoms. The molecule has 1 aliphatic heterocycles. The zero-order chi connectivity index (χ0) is 20.6. The fraction of sp³-hybridized carbons (Fsp3) is 0.174. The van der Waals surface area contributed by atoms with Gasteiger partial charge >= 0.3 is 6.18 Å². The molecule has 0 aromatic heterocycles. The van der Waals surface area contributed by atoms with E-state index in [0.717, 1.165) is 23.3 Å². The Morgan fingerprint density at radius 3 is 1.79 bits per heavy atom. The second-order valence-corrected chi connectivity index (χ2v) is 6.97. The van der Waals surface area contributed by atoms with Crippen molar-refractivity contribution in [2.75, 3.05) is 0 Å². The van der Waals surface area contributed by atoms with Crippen LogP contribution in [0, 0.1) is 0 Å². The van der Waals surface area contributed by atoms with Gasteiger partial charge in [-0.2, -0.15) is 13.2 Å². The average molecular weight is 399 g/mol.